The van der Waals surface area contributed by atoms with Crippen LogP contribution in [0.3, 0.4) is 0 Å². The molecule has 1 rings (SSSR count). The smallest absolute Gasteiger partial charge is 0.339 e. The van der Waals surface area contributed by atoms with E-state index < -0.39 is 24.8 Å². The Morgan fingerprint density at radius 2 is 2.18 bits per heavy atom. The lowest BCUT2D eigenvalue weighted by Gasteiger charge is -2.00. The van der Waals surface area contributed by atoms with Gasteiger partial charge in [0.05, 0.1) is 6.54 Å². The lowest BCUT2D eigenvalue weighted by atomic mass is 10.2. The average Bonchev–Trinajstić information content (AvgIpc) is 2.69. The third-order valence-corrected chi connectivity index (χ3v) is 2.00. The van der Waals surface area contributed by atoms with Crippen LogP contribution in [-0.2, 0) is 6.42 Å². The Labute approximate surface area is 95.4 Å². The Balaban J connectivity index is 2.84. The van der Waals surface area contributed by atoms with Crippen LogP contribution in [0.1, 0.15) is 33.6 Å². The number of aromatic carboxylic acids is 1. The van der Waals surface area contributed by atoms with Crippen molar-refractivity contribution in [1.82, 2.24) is 5.32 Å². The van der Waals surface area contributed by atoms with E-state index in [1.54, 1.807) is 6.92 Å². The monoisotopic (exact) mass is 247 g/mol. The highest BCUT2D eigenvalue weighted by Gasteiger charge is 2.20. The van der Waals surface area contributed by atoms with Crippen molar-refractivity contribution in [3.8, 4) is 0 Å². The van der Waals surface area contributed by atoms with Gasteiger partial charge in [0.15, 0.2) is 5.76 Å². The molecule has 0 radical (unpaired) electrons. The van der Waals surface area contributed by atoms with Gasteiger partial charge in [0.2, 0.25) is 0 Å². The third kappa shape index (κ3) is 3.27. The SMILES string of the molecule is CCc1oc(C(=O)NCC(F)F)cc1C(=O)O. The molecule has 17 heavy (non-hydrogen) atoms. The Morgan fingerprint density at radius 3 is 2.59 bits per heavy atom. The number of alkyl halides is 2. The number of carboxylic acid groups (broad SMARTS) is 1. The van der Waals surface area contributed by atoms with E-state index in [2.05, 4.69) is 0 Å². The average molecular weight is 247 g/mol. The van der Waals surface area contributed by atoms with Crippen LogP contribution >= 0.6 is 0 Å². The molecule has 0 fully saturated rings. The summed E-state index contributed by atoms with van der Waals surface area (Å²) in [6, 6.07) is 1.03. The molecule has 0 aromatic carbocycles. The van der Waals surface area contributed by atoms with Gasteiger partial charge in [-0.15, -0.1) is 0 Å². The Bertz CT molecular complexity index is 428. The molecule has 94 valence electrons. The zero-order chi connectivity index (χ0) is 13.0. The van der Waals surface area contributed by atoms with Crippen LogP contribution in [-0.4, -0.2) is 30.0 Å². The van der Waals surface area contributed by atoms with Crippen molar-refractivity contribution in [2.75, 3.05) is 6.54 Å². The predicted molar refractivity (Wildman–Crippen MR) is 53.4 cm³/mol. The zero-order valence-corrected chi connectivity index (χ0v) is 9.00. The van der Waals surface area contributed by atoms with Crippen LogP contribution in [0.25, 0.3) is 0 Å². The van der Waals surface area contributed by atoms with Gasteiger partial charge in [-0.2, -0.15) is 0 Å². The molecule has 1 aromatic rings. The summed E-state index contributed by atoms with van der Waals surface area (Å²) >= 11 is 0. The second kappa shape index (κ2) is 5.42. The molecule has 0 aliphatic carbocycles. The molecular formula is C10H11F2NO4. The van der Waals surface area contributed by atoms with Gasteiger partial charge in [-0.05, 0) is 0 Å². The quantitative estimate of drug-likeness (QED) is 0.827. The van der Waals surface area contributed by atoms with Gasteiger partial charge in [-0.3, -0.25) is 4.79 Å². The van der Waals surface area contributed by atoms with Gasteiger partial charge >= 0.3 is 5.97 Å². The molecular weight excluding hydrogens is 236 g/mol. The molecule has 0 atom stereocenters. The number of halogens is 2. The number of carbonyl (C=O) groups excluding carboxylic acids is 1. The van der Waals surface area contributed by atoms with Crippen LogP contribution in [0.2, 0.25) is 0 Å². The van der Waals surface area contributed by atoms with Crippen molar-refractivity contribution in [3.05, 3.63) is 23.2 Å². The van der Waals surface area contributed by atoms with Crippen molar-refractivity contribution in [2.24, 2.45) is 0 Å². The first-order valence-corrected chi connectivity index (χ1v) is 4.88. The first-order valence-electron chi connectivity index (χ1n) is 4.88. The molecule has 0 bridgehead atoms. The maximum absolute atomic E-state index is 11.9. The normalized spacial score (nSPS) is 10.6. The molecule has 1 aromatic heterocycles. The zero-order valence-electron chi connectivity index (χ0n) is 9.00. The second-order valence-corrected chi connectivity index (χ2v) is 3.21. The van der Waals surface area contributed by atoms with Crippen LogP contribution in [0.4, 0.5) is 8.78 Å². The van der Waals surface area contributed by atoms with E-state index in [1.807, 2.05) is 5.32 Å². The minimum absolute atomic E-state index is 0.130. The van der Waals surface area contributed by atoms with Crippen LogP contribution in [0, 0.1) is 0 Å². The lowest BCUT2D eigenvalue weighted by Crippen LogP contribution is -2.28. The Kier molecular flexibility index (Phi) is 4.19. The summed E-state index contributed by atoms with van der Waals surface area (Å²) in [5.41, 5.74) is -0.130. The molecule has 2 N–H and O–H groups in total. The summed E-state index contributed by atoms with van der Waals surface area (Å²) in [6.45, 7) is 0.857. The number of carboxylic acids is 1. The topological polar surface area (TPSA) is 79.5 Å². The van der Waals surface area contributed by atoms with Crippen molar-refractivity contribution in [3.63, 3.8) is 0 Å². The van der Waals surface area contributed by atoms with E-state index in [0.29, 0.717) is 6.42 Å². The minimum atomic E-state index is -2.67. The van der Waals surface area contributed by atoms with Crippen molar-refractivity contribution >= 4 is 11.9 Å². The molecule has 0 unspecified atom stereocenters. The Morgan fingerprint density at radius 1 is 1.53 bits per heavy atom. The van der Waals surface area contributed by atoms with E-state index >= 15 is 0 Å². The van der Waals surface area contributed by atoms with Gasteiger partial charge < -0.3 is 14.8 Å². The summed E-state index contributed by atoms with van der Waals surface area (Å²) in [5.74, 6) is -2.22. The fraction of sp³-hybridized carbons (Fsp3) is 0.400. The van der Waals surface area contributed by atoms with Crippen molar-refractivity contribution in [1.29, 1.82) is 0 Å². The number of carbonyl (C=O) groups is 2. The Hall–Kier alpha value is -1.92. The molecule has 0 spiro atoms. The standard InChI is InChI=1S/C10H11F2NO4/c1-2-6-5(10(15)16)3-7(17-6)9(14)13-4-8(11)12/h3,8H,2,4H2,1H3,(H,13,14)(H,15,16). The first kappa shape index (κ1) is 13.1. The number of hydrogen-bond acceptors (Lipinski definition) is 3. The number of aryl methyl sites for hydroxylation is 1. The summed E-state index contributed by atoms with van der Waals surface area (Å²) in [5, 5.41) is 10.7. The van der Waals surface area contributed by atoms with Gasteiger partial charge in [-0.25, -0.2) is 13.6 Å². The lowest BCUT2D eigenvalue weighted by molar-refractivity contribution is 0.0694. The summed E-state index contributed by atoms with van der Waals surface area (Å²) in [4.78, 5) is 22.1. The van der Waals surface area contributed by atoms with Crippen LogP contribution < -0.4 is 5.32 Å². The third-order valence-electron chi connectivity index (χ3n) is 2.00. The summed E-state index contributed by atoms with van der Waals surface area (Å²) in [7, 11) is 0. The second-order valence-electron chi connectivity index (χ2n) is 3.21. The number of hydrogen-bond donors (Lipinski definition) is 2. The maximum Gasteiger partial charge on any atom is 0.339 e. The molecule has 1 heterocycles. The number of nitrogens with one attached hydrogen (secondary N) is 1. The molecule has 7 heteroatoms. The molecule has 1 amide bonds. The van der Waals surface area contributed by atoms with E-state index in [1.165, 1.54) is 0 Å². The highest BCUT2D eigenvalue weighted by molar-refractivity contribution is 5.96. The maximum atomic E-state index is 11.9. The van der Waals surface area contributed by atoms with Crippen molar-refractivity contribution < 1.29 is 27.9 Å². The predicted octanol–water partition coefficient (Wildman–Crippen LogP) is 1.54. The minimum Gasteiger partial charge on any atom is -0.478 e. The molecule has 0 saturated heterocycles. The molecule has 0 aliphatic heterocycles. The van der Waals surface area contributed by atoms with E-state index in [-0.39, 0.29) is 17.1 Å². The van der Waals surface area contributed by atoms with Gasteiger partial charge in [0, 0.05) is 12.5 Å². The van der Waals surface area contributed by atoms with Gasteiger partial charge in [-0.1, -0.05) is 6.92 Å². The fourth-order valence-corrected chi connectivity index (χ4v) is 1.24. The van der Waals surface area contributed by atoms with E-state index in [0.717, 1.165) is 6.07 Å². The van der Waals surface area contributed by atoms with E-state index in [4.69, 9.17) is 9.52 Å². The molecule has 0 saturated carbocycles. The van der Waals surface area contributed by atoms with Crippen LogP contribution in [0.5, 0.6) is 0 Å². The number of rotatable bonds is 5. The highest BCUT2D eigenvalue weighted by atomic mass is 19.3. The van der Waals surface area contributed by atoms with E-state index in [9.17, 15) is 18.4 Å². The molecule has 5 nitrogen and oxygen atoms in total. The first-order chi connectivity index (χ1) is 7.95. The highest BCUT2D eigenvalue weighted by Crippen LogP contribution is 2.16. The summed E-state index contributed by atoms with van der Waals surface area (Å²) < 4.78 is 28.7. The number of furan rings is 1. The summed E-state index contributed by atoms with van der Waals surface area (Å²) in [6.07, 6.45) is -2.37. The largest absolute Gasteiger partial charge is 0.478 e. The fourth-order valence-electron chi connectivity index (χ4n) is 1.24. The van der Waals surface area contributed by atoms with Gasteiger partial charge in [0.25, 0.3) is 12.3 Å². The van der Waals surface area contributed by atoms with Crippen molar-refractivity contribution in [2.45, 2.75) is 19.8 Å². The number of amides is 1. The van der Waals surface area contributed by atoms with Gasteiger partial charge in [0.1, 0.15) is 11.3 Å². The molecule has 0 aliphatic rings. The van der Waals surface area contributed by atoms with Crippen LogP contribution in [0.15, 0.2) is 10.5 Å².